The largest absolute Gasteiger partial charge is 0.339 e. The predicted molar refractivity (Wildman–Crippen MR) is 89.2 cm³/mol. The summed E-state index contributed by atoms with van der Waals surface area (Å²) in [4.78, 5) is 26.5. The van der Waals surface area contributed by atoms with Crippen LogP contribution in [-0.4, -0.2) is 39.5 Å². The van der Waals surface area contributed by atoms with Gasteiger partial charge in [-0.3, -0.25) is 9.59 Å². The molecule has 1 aliphatic carbocycles. The van der Waals surface area contributed by atoms with E-state index < -0.39 is 0 Å². The zero-order valence-electron chi connectivity index (χ0n) is 13.7. The molecule has 0 bridgehead atoms. The smallest absolute Gasteiger partial charge is 0.231 e. The molecule has 1 aliphatic heterocycles. The summed E-state index contributed by atoms with van der Waals surface area (Å²) in [6, 6.07) is 0.347. The highest BCUT2D eigenvalue weighted by Gasteiger charge is 2.38. The number of hydrogen-bond acceptors (Lipinski definition) is 5. The molecule has 126 valence electrons. The van der Waals surface area contributed by atoms with Gasteiger partial charge in [0.05, 0.1) is 5.92 Å². The summed E-state index contributed by atoms with van der Waals surface area (Å²) in [5.41, 5.74) is 0. The van der Waals surface area contributed by atoms with Crippen molar-refractivity contribution < 1.29 is 9.59 Å². The molecular formula is C16H24N4O2S. The van der Waals surface area contributed by atoms with Crippen LogP contribution < -0.4 is 5.32 Å². The molecule has 7 heteroatoms. The zero-order chi connectivity index (χ0) is 16.4. The van der Waals surface area contributed by atoms with Gasteiger partial charge in [0, 0.05) is 25.4 Å². The Hall–Kier alpha value is -1.50. The number of hydrogen-bond donors (Lipinski definition) is 1. The summed E-state index contributed by atoms with van der Waals surface area (Å²) in [7, 11) is 0. The van der Waals surface area contributed by atoms with Crippen molar-refractivity contribution in [2.24, 2.45) is 11.8 Å². The maximum atomic E-state index is 12.4. The average molecular weight is 336 g/mol. The number of aromatic nitrogens is 2. The second kappa shape index (κ2) is 6.95. The Morgan fingerprint density at radius 1 is 1.35 bits per heavy atom. The van der Waals surface area contributed by atoms with E-state index in [-0.39, 0.29) is 17.7 Å². The first-order valence-corrected chi connectivity index (χ1v) is 9.27. The summed E-state index contributed by atoms with van der Waals surface area (Å²) >= 11 is 1.42. The van der Waals surface area contributed by atoms with Gasteiger partial charge in [-0.25, -0.2) is 0 Å². The van der Waals surface area contributed by atoms with E-state index in [1.54, 1.807) is 0 Å². The second-order valence-electron chi connectivity index (χ2n) is 6.97. The molecule has 6 nitrogen and oxygen atoms in total. The Morgan fingerprint density at radius 3 is 2.78 bits per heavy atom. The molecule has 0 spiro atoms. The minimum Gasteiger partial charge on any atom is -0.339 e. The van der Waals surface area contributed by atoms with E-state index >= 15 is 0 Å². The normalized spacial score (nSPS) is 22.3. The quantitative estimate of drug-likeness (QED) is 0.896. The molecule has 2 amide bonds. The monoisotopic (exact) mass is 336 g/mol. The van der Waals surface area contributed by atoms with E-state index in [0.29, 0.717) is 30.1 Å². The van der Waals surface area contributed by atoms with E-state index in [4.69, 9.17) is 0 Å². The number of carbonyl (C=O) groups is 2. The number of carbonyl (C=O) groups excluding carboxylic acids is 2. The van der Waals surface area contributed by atoms with Crippen LogP contribution in [0.25, 0.3) is 0 Å². The lowest BCUT2D eigenvalue weighted by Gasteiger charge is -2.23. The third-order valence-corrected chi connectivity index (χ3v) is 5.44. The molecule has 1 saturated heterocycles. The van der Waals surface area contributed by atoms with Crippen LogP contribution in [0.5, 0.6) is 0 Å². The number of nitrogens with zero attached hydrogens (tertiary/aromatic N) is 3. The molecule has 1 saturated carbocycles. The van der Waals surface area contributed by atoms with Crippen molar-refractivity contribution in [3.8, 4) is 0 Å². The maximum absolute atomic E-state index is 12.4. The second-order valence-corrected chi connectivity index (χ2v) is 8.04. The van der Waals surface area contributed by atoms with Gasteiger partial charge >= 0.3 is 0 Å². The van der Waals surface area contributed by atoms with Gasteiger partial charge in [-0.2, -0.15) is 0 Å². The van der Waals surface area contributed by atoms with Gasteiger partial charge in [0.1, 0.15) is 5.01 Å². The average Bonchev–Trinajstić information content (AvgIpc) is 3.19. The number of amides is 2. The summed E-state index contributed by atoms with van der Waals surface area (Å²) in [6.07, 6.45) is 5.72. The highest BCUT2D eigenvalue weighted by Crippen LogP contribution is 2.30. The summed E-state index contributed by atoms with van der Waals surface area (Å²) in [5, 5.41) is 12.5. The topological polar surface area (TPSA) is 75.2 Å². The first-order valence-electron chi connectivity index (χ1n) is 8.45. The van der Waals surface area contributed by atoms with E-state index in [1.807, 2.05) is 4.90 Å². The highest BCUT2D eigenvalue weighted by atomic mass is 32.1. The summed E-state index contributed by atoms with van der Waals surface area (Å²) in [5.74, 6) is 0.264. The lowest BCUT2D eigenvalue weighted by atomic mass is 10.1. The van der Waals surface area contributed by atoms with Crippen LogP contribution in [0.4, 0.5) is 5.13 Å². The number of nitrogens with one attached hydrogen (secondary N) is 1. The van der Waals surface area contributed by atoms with Gasteiger partial charge in [0.25, 0.3) is 0 Å². The Bertz CT molecular complexity index is 580. The molecule has 1 aromatic rings. The molecule has 23 heavy (non-hydrogen) atoms. The van der Waals surface area contributed by atoms with Crippen molar-refractivity contribution in [2.75, 3.05) is 11.9 Å². The molecule has 3 rings (SSSR count). The molecule has 1 N–H and O–H groups in total. The molecule has 0 unspecified atom stereocenters. The molecule has 1 atom stereocenters. The minimum atomic E-state index is -0.263. The van der Waals surface area contributed by atoms with Crippen molar-refractivity contribution in [1.82, 2.24) is 15.1 Å². The number of likely N-dealkylation sites (tertiary alicyclic amines) is 1. The minimum absolute atomic E-state index is 0.105. The number of rotatable bonds is 5. The van der Waals surface area contributed by atoms with Crippen molar-refractivity contribution in [1.29, 1.82) is 0 Å². The summed E-state index contributed by atoms with van der Waals surface area (Å²) < 4.78 is 0. The SMILES string of the molecule is CC(C)Cc1nnc(NC(=O)[C@@H]2CC(=O)N(C3CCCC3)C2)s1. The standard InChI is InChI=1S/C16H24N4O2S/c1-10(2)7-13-18-19-16(23-13)17-15(22)11-8-14(21)20(9-11)12-5-3-4-6-12/h10-12H,3-9H2,1-2H3,(H,17,19,22)/t11-/m1/s1. The van der Waals surface area contributed by atoms with E-state index in [0.717, 1.165) is 24.3 Å². The van der Waals surface area contributed by atoms with Crippen molar-refractivity contribution in [3.63, 3.8) is 0 Å². The lowest BCUT2D eigenvalue weighted by Crippen LogP contribution is -2.35. The molecular weight excluding hydrogens is 312 g/mol. The van der Waals surface area contributed by atoms with Crippen LogP contribution in [-0.2, 0) is 16.0 Å². The zero-order valence-corrected chi connectivity index (χ0v) is 14.6. The fourth-order valence-electron chi connectivity index (χ4n) is 3.42. The Morgan fingerprint density at radius 2 is 2.09 bits per heavy atom. The van der Waals surface area contributed by atoms with Gasteiger partial charge in [-0.1, -0.05) is 38.0 Å². The van der Waals surface area contributed by atoms with Gasteiger partial charge in [0.15, 0.2) is 0 Å². The Kier molecular flexibility index (Phi) is 4.94. The third kappa shape index (κ3) is 3.88. The first-order chi connectivity index (χ1) is 11.0. The molecule has 2 heterocycles. The van der Waals surface area contributed by atoms with Crippen LogP contribution in [0, 0.1) is 11.8 Å². The van der Waals surface area contributed by atoms with Crippen LogP contribution in [0.3, 0.4) is 0 Å². The number of anilines is 1. The molecule has 2 fully saturated rings. The fraction of sp³-hybridized carbons (Fsp3) is 0.750. The van der Waals surface area contributed by atoms with E-state index in [1.165, 1.54) is 24.2 Å². The van der Waals surface area contributed by atoms with Crippen molar-refractivity contribution in [3.05, 3.63) is 5.01 Å². The molecule has 0 radical (unpaired) electrons. The first kappa shape index (κ1) is 16.4. The van der Waals surface area contributed by atoms with Crippen LogP contribution in [0.2, 0.25) is 0 Å². The van der Waals surface area contributed by atoms with Gasteiger partial charge in [-0.05, 0) is 18.8 Å². The van der Waals surface area contributed by atoms with Gasteiger partial charge < -0.3 is 10.2 Å². The Labute approximate surface area is 140 Å². The van der Waals surface area contributed by atoms with Crippen LogP contribution in [0.1, 0.15) is 51.0 Å². The van der Waals surface area contributed by atoms with Crippen LogP contribution >= 0.6 is 11.3 Å². The third-order valence-electron chi connectivity index (χ3n) is 4.57. The molecule has 1 aromatic heterocycles. The molecule has 2 aliphatic rings. The highest BCUT2D eigenvalue weighted by molar-refractivity contribution is 7.15. The Balaban J connectivity index is 1.56. The van der Waals surface area contributed by atoms with Crippen LogP contribution in [0.15, 0.2) is 0 Å². The van der Waals surface area contributed by atoms with E-state index in [2.05, 4.69) is 29.4 Å². The fourth-order valence-corrected chi connectivity index (χ4v) is 4.37. The predicted octanol–water partition coefficient (Wildman–Crippen LogP) is 2.47. The van der Waals surface area contributed by atoms with Crippen molar-refractivity contribution >= 4 is 28.3 Å². The maximum Gasteiger partial charge on any atom is 0.231 e. The molecule has 0 aromatic carbocycles. The lowest BCUT2D eigenvalue weighted by molar-refractivity contribution is -0.129. The van der Waals surface area contributed by atoms with E-state index in [9.17, 15) is 9.59 Å². The van der Waals surface area contributed by atoms with Gasteiger partial charge in [-0.15, -0.1) is 10.2 Å². The van der Waals surface area contributed by atoms with Crippen molar-refractivity contribution in [2.45, 2.75) is 58.4 Å². The van der Waals surface area contributed by atoms with Gasteiger partial charge in [0.2, 0.25) is 16.9 Å². The summed E-state index contributed by atoms with van der Waals surface area (Å²) in [6.45, 7) is 4.80.